The van der Waals surface area contributed by atoms with Crippen molar-refractivity contribution >= 4 is 46.5 Å². The van der Waals surface area contributed by atoms with E-state index in [1.54, 1.807) is 17.0 Å². The highest BCUT2D eigenvalue weighted by Gasteiger charge is 2.20. The molecule has 3 amide bonds. The molecular weight excluding hydrogens is 555 g/mol. The van der Waals surface area contributed by atoms with E-state index in [-0.39, 0.29) is 18.6 Å². The number of rotatable bonds is 12. The van der Waals surface area contributed by atoms with Crippen molar-refractivity contribution in [1.82, 2.24) is 15.6 Å². The average molecular weight is 588 g/mol. The zero-order valence-electron chi connectivity index (χ0n) is 19.9. The summed E-state index contributed by atoms with van der Waals surface area (Å²) in [6, 6.07) is 3.48. The smallest absolute Gasteiger partial charge is 0.329 e. The maximum absolute atomic E-state index is 12.3. The molecule has 1 heterocycles. The number of carbonyl (C=O) groups excluding carboxylic acids is 3. The summed E-state index contributed by atoms with van der Waals surface area (Å²) in [5.74, 6) is -0.719. The van der Waals surface area contributed by atoms with E-state index in [2.05, 4.69) is 38.4 Å². The maximum Gasteiger partial charge on any atom is 0.329 e. The molecule has 0 bridgehead atoms. The highest BCUT2D eigenvalue weighted by Crippen LogP contribution is 2.34. The van der Waals surface area contributed by atoms with E-state index in [1.165, 1.54) is 6.21 Å². The molecule has 0 saturated carbocycles. The molecule has 34 heavy (non-hydrogen) atoms. The fraction of sp³-hybridized carbons (Fsp3) is 0.565. The second-order valence-corrected chi connectivity index (χ2v) is 9.03. The summed E-state index contributed by atoms with van der Waals surface area (Å²) >= 11 is 2.09. The minimum absolute atomic E-state index is 0.0465. The highest BCUT2D eigenvalue weighted by atomic mass is 127. The van der Waals surface area contributed by atoms with Gasteiger partial charge in [0.25, 0.3) is 5.91 Å². The third-order valence-corrected chi connectivity index (χ3v) is 5.58. The van der Waals surface area contributed by atoms with Crippen molar-refractivity contribution in [2.24, 2.45) is 5.10 Å². The number of ether oxygens (including phenoxy) is 3. The van der Waals surface area contributed by atoms with Crippen LogP contribution in [0.25, 0.3) is 0 Å². The molecule has 0 aromatic heterocycles. The van der Waals surface area contributed by atoms with Crippen LogP contribution in [0.15, 0.2) is 17.2 Å². The molecule has 2 rings (SSSR count). The van der Waals surface area contributed by atoms with Gasteiger partial charge in [0, 0.05) is 26.2 Å². The molecule has 1 aliphatic heterocycles. The zero-order chi connectivity index (χ0) is 24.9. The van der Waals surface area contributed by atoms with Gasteiger partial charge >= 0.3 is 11.8 Å². The lowest BCUT2D eigenvalue weighted by Gasteiger charge is -2.18. The van der Waals surface area contributed by atoms with E-state index < -0.39 is 11.8 Å². The van der Waals surface area contributed by atoms with Crippen LogP contribution in [0.2, 0.25) is 0 Å². The van der Waals surface area contributed by atoms with Gasteiger partial charge in [0.2, 0.25) is 0 Å². The van der Waals surface area contributed by atoms with Crippen molar-refractivity contribution in [3.05, 3.63) is 21.3 Å². The van der Waals surface area contributed by atoms with Gasteiger partial charge in [0.05, 0.1) is 22.5 Å². The molecule has 0 unspecified atom stereocenters. The Morgan fingerprint density at radius 3 is 2.59 bits per heavy atom. The van der Waals surface area contributed by atoms with Crippen LogP contribution >= 0.6 is 22.6 Å². The van der Waals surface area contributed by atoms with E-state index in [0.717, 1.165) is 29.5 Å². The van der Waals surface area contributed by atoms with Crippen molar-refractivity contribution in [1.29, 1.82) is 0 Å². The quantitative estimate of drug-likeness (QED) is 0.127. The van der Waals surface area contributed by atoms with Gasteiger partial charge < -0.3 is 24.4 Å². The van der Waals surface area contributed by atoms with Crippen LogP contribution in [0.1, 0.15) is 45.6 Å². The summed E-state index contributed by atoms with van der Waals surface area (Å²) < 4.78 is 17.6. The van der Waals surface area contributed by atoms with Crippen molar-refractivity contribution in [2.45, 2.75) is 46.1 Å². The molecule has 1 fully saturated rings. The first-order valence-electron chi connectivity index (χ1n) is 11.4. The summed E-state index contributed by atoms with van der Waals surface area (Å²) in [6.45, 7) is 8.43. The van der Waals surface area contributed by atoms with Crippen LogP contribution in [-0.4, -0.2) is 74.4 Å². The average Bonchev–Trinajstić information content (AvgIpc) is 3.33. The standard InChI is InChI=1S/C23H33IN4O6/c1-4-32-19-13-17(12-18(24)21(19)34-15-20(29)28-9-5-6-10-28)14-26-27-23(31)22(30)25-8-7-11-33-16(2)3/h12-14,16H,4-11,15H2,1-3H3,(H,25,30)(H,27,31)/b26-14-. The van der Waals surface area contributed by atoms with Crippen molar-refractivity contribution < 1.29 is 28.6 Å². The Morgan fingerprint density at radius 1 is 1.18 bits per heavy atom. The first-order valence-corrected chi connectivity index (χ1v) is 12.5. The van der Waals surface area contributed by atoms with E-state index >= 15 is 0 Å². The first-order chi connectivity index (χ1) is 16.3. The van der Waals surface area contributed by atoms with E-state index in [9.17, 15) is 14.4 Å². The molecule has 1 aromatic carbocycles. The summed E-state index contributed by atoms with van der Waals surface area (Å²) in [4.78, 5) is 37.8. The van der Waals surface area contributed by atoms with Gasteiger partial charge in [-0.15, -0.1) is 0 Å². The van der Waals surface area contributed by atoms with Crippen LogP contribution in [-0.2, 0) is 19.1 Å². The molecular formula is C23H33IN4O6. The summed E-state index contributed by atoms with van der Waals surface area (Å²) in [6.07, 6.45) is 4.18. The molecule has 11 heteroatoms. The number of benzene rings is 1. The van der Waals surface area contributed by atoms with Gasteiger partial charge in [0.1, 0.15) is 0 Å². The molecule has 0 spiro atoms. The second-order valence-electron chi connectivity index (χ2n) is 7.87. The fourth-order valence-corrected chi connectivity index (χ4v) is 3.93. The van der Waals surface area contributed by atoms with E-state index in [0.29, 0.717) is 43.2 Å². The zero-order valence-corrected chi connectivity index (χ0v) is 22.1. The van der Waals surface area contributed by atoms with Gasteiger partial charge in [-0.1, -0.05) is 0 Å². The fourth-order valence-electron chi connectivity index (χ4n) is 3.15. The second kappa shape index (κ2) is 14.8. The Hall–Kier alpha value is -2.41. The van der Waals surface area contributed by atoms with Crippen LogP contribution in [0, 0.1) is 3.57 Å². The number of nitrogens with zero attached hydrogens (tertiary/aromatic N) is 2. The summed E-state index contributed by atoms with van der Waals surface area (Å²) in [7, 11) is 0. The summed E-state index contributed by atoms with van der Waals surface area (Å²) in [5.41, 5.74) is 2.85. The number of likely N-dealkylation sites (tertiary alicyclic amines) is 1. The largest absolute Gasteiger partial charge is 0.490 e. The first kappa shape index (κ1) is 27.8. The summed E-state index contributed by atoms with van der Waals surface area (Å²) in [5, 5.41) is 6.38. The van der Waals surface area contributed by atoms with Crippen molar-refractivity contribution in [2.75, 3.05) is 39.5 Å². The predicted octanol–water partition coefficient (Wildman–Crippen LogP) is 2.07. The molecule has 1 aliphatic rings. The van der Waals surface area contributed by atoms with Gasteiger partial charge in [-0.2, -0.15) is 5.10 Å². The minimum atomic E-state index is -0.860. The Bertz CT molecular complexity index is 871. The molecule has 188 valence electrons. The van der Waals surface area contributed by atoms with Crippen LogP contribution in [0.3, 0.4) is 0 Å². The Balaban J connectivity index is 1.90. The Labute approximate surface area is 213 Å². The lowest BCUT2D eigenvalue weighted by atomic mass is 10.2. The number of amides is 3. The molecule has 10 nitrogen and oxygen atoms in total. The topological polar surface area (TPSA) is 119 Å². The third kappa shape index (κ3) is 9.45. The molecule has 1 saturated heterocycles. The highest BCUT2D eigenvalue weighted by molar-refractivity contribution is 14.1. The van der Waals surface area contributed by atoms with Crippen LogP contribution < -0.4 is 20.2 Å². The lowest BCUT2D eigenvalue weighted by Crippen LogP contribution is -2.38. The number of nitrogens with one attached hydrogen (secondary N) is 2. The van der Waals surface area contributed by atoms with Crippen molar-refractivity contribution in [3.63, 3.8) is 0 Å². The molecule has 0 atom stereocenters. The van der Waals surface area contributed by atoms with Crippen LogP contribution in [0.5, 0.6) is 11.5 Å². The number of halogens is 1. The molecule has 2 N–H and O–H groups in total. The van der Waals surface area contributed by atoms with Gasteiger partial charge in [-0.05, 0) is 80.3 Å². The Kier molecular flexibility index (Phi) is 12.1. The molecule has 0 aliphatic carbocycles. The SMILES string of the molecule is CCOc1cc(/C=N\NC(=O)C(=O)NCCCOC(C)C)cc(I)c1OCC(=O)N1CCCC1. The van der Waals surface area contributed by atoms with Gasteiger partial charge in [-0.25, -0.2) is 5.43 Å². The van der Waals surface area contributed by atoms with E-state index in [1.807, 2.05) is 20.8 Å². The van der Waals surface area contributed by atoms with E-state index in [4.69, 9.17) is 14.2 Å². The lowest BCUT2D eigenvalue weighted by molar-refractivity contribution is -0.139. The van der Waals surface area contributed by atoms with Crippen LogP contribution in [0.4, 0.5) is 0 Å². The Morgan fingerprint density at radius 2 is 1.91 bits per heavy atom. The molecule has 0 radical (unpaired) electrons. The van der Waals surface area contributed by atoms with Gasteiger partial charge in [-0.3, -0.25) is 14.4 Å². The number of hydrazone groups is 1. The minimum Gasteiger partial charge on any atom is -0.490 e. The number of hydrogen-bond acceptors (Lipinski definition) is 7. The number of carbonyl (C=O) groups is 3. The third-order valence-electron chi connectivity index (χ3n) is 4.77. The van der Waals surface area contributed by atoms with Gasteiger partial charge in [0.15, 0.2) is 18.1 Å². The van der Waals surface area contributed by atoms with Crippen molar-refractivity contribution in [3.8, 4) is 11.5 Å². The predicted molar refractivity (Wildman–Crippen MR) is 136 cm³/mol. The molecule has 1 aromatic rings. The normalized spacial score (nSPS) is 13.4. The maximum atomic E-state index is 12.3. The monoisotopic (exact) mass is 588 g/mol. The number of hydrogen-bond donors (Lipinski definition) is 2.